The van der Waals surface area contributed by atoms with Gasteiger partial charge in [0.25, 0.3) is 11.8 Å². The van der Waals surface area contributed by atoms with Gasteiger partial charge in [0.15, 0.2) is 5.43 Å². The number of benzene rings is 1. The number of ether oxygens (including phenoxy) is 1. The average Bonchev–Trinajstić information content (AvgIpc) is 2.71. The summed E-state index contributed by atoms with van der Waals surface area (Å²) in [6.45, 7) is 0.106. The molecule has 0 bridgehead atoms. The van der Waals surface area contributed by atoms with Crippen molar-refractivity contribution in [1.82, 2.24) is 14.8 Å². The van der Waals surface area contributed by atoms with Gasteiger partial charge in [-0.25, -0.2) is 4.39 Å². The molecule has 2 amide bonds. The molecule has 2 aliphatic rings. The summed E-state index contributed by atoms with van der Waals surface area (Å²) in [6.07, 6.45) is 2.28. The molecule has 1 fully saturated rings. The number of hydrogen-bond acceptors (Lipinski definition) is 5. The molecule has 32 heavy (non-hydrogen) atoms. The Morgan fingerprint density at radius 3 is 2.72 bits per heavy atom. The Bertz CT molecular complexity index is 1150. The summed E-state index contributed by atoms with van der Waals surface area (Å²) in [5.41, 5.74) is -2.22. The molecule has 0 saturated heterocycles. The summed E-state index contributed by atoms with van der Waals surface area (Å²) in [4.78, 5) is 39.4. The van der Waals surface area contributed by atoms with E-state index < -0.39 is 39.9 Å². The van der Waals surface area contributed by atoms with Crippen LogP contribution in [-0.4, -0.2) is 48.1 Å². The second-order valence-corrected chi connectivity index (χ2v) is 8.37. The summed E-state index contributed by atoms with van der Waals surface area (Å²) in [5.74, 6) is -3.11. The first-order valence-corrected chi connectivity index (χ1v) is 10.0. The van der Waals surface area contributed by atoms with Crippen molar-refractivity contribution in [2.45, 2.75) is 31.0 Å². The maximum atomic E-state index is 14.1. The number of pyridine rings is 1. The Balaban J connectivity index is 0.00000289. The van der Waals surface area contributed by atoms with Gasteiger partial charge in [-0.1, -0.05) is 23.7 Å². The van der Waals surface area contributed by atoms with Crippen molar-refractivity contribution in [2.75, 3.05) is 20.7 Å². The number of fused-ring (bicyclic) bond motifs is 2. The molecule has 1 N–H and O–H groups in total. The van der Waals surface area contributed by atoms with Gasteiger partial charge in [0, 0.05) is 39.0 Å². The normalized spacial score (nSPS) is 21.6. The van der Waals surface area contributed by atoms with E-state index >= 15 is 0 Å². The first kappa shape index (κ1) is 24.7. The maximum absolute atomic E-state index is 14.1. The van der Waals surface area contributed by atoms with Crippen molar-refractivity contribution in [3.63, 3.8) is 0 Å². The topological polar surface area (TPSA) is 104 Å². The zero-order valence-corrected chi connectivity index (χ0v) is 20.7. The van der Waals surface area contributed by atoms with Crippen LogP contribution >= 0.6 is 11.6 Å². The Morgan fingerprint density at radius 2 is 2.06 bits per heavy atom. The third-order valence-electron chi connectivity index (χ3n) is 6.02. The third-order valence-corrected chi connectivity index (χ3v) is 6.31. The van der Waals surface area contributed by atoms with Crippen LogP contribution in [-0.2, 0) is 16.8 Å². The van der Waals surface area contributed by atoms with Gasteiger partial charge < -0.3 is 24.6 Å². The van der Waals surface area contributed by atoms with Crippen molar-refractivity contribution in [3.8, 4) is 5.75 Å². The van der Waals surface area contributed by atoms with Crippen LogP contribution in [0, 0.1) is 5.82 Å². The standard InChI is InChI=1S/C21H21ClFN3O5.Na/c1-25-10-21(6-12(7-21)31-2)26-9-13(17(27)18(28)16(26)20(25)30)19(29)24-8-11-4-3-5-14(22)15(11)23;/h3-5,9,12,28H,6-8,10H2,1-2H3,(H,24,29);/q;+1/p-1/t12-,21-;. The average molecular weight is 472 g/mol. The van der Waals surface area contributed by atoms with Crippen LogP contribution in [0.4, 0.5) is 4.39 Å². The number of nitrogens with one attached hydrogen (secondary N) is 1. The van der Waals surface area contributed by atoms with Crippen LogP contribution in [0.3, 0.4) is 0 Å². The molecule has 1 saturated carbocycles. The minimum atomic E-state index is -1.07. The minimum absolute atomic E-state index is 0. The molecule has 1 aliphatic carbocycles. The van der Waals surface area contributed by atoms with Crippen molar-refractivity contribution in [3.05, 3.63) is 62.3 Å². The molecule has 0 unspecified atom stereocenters. The summed E-state index contributed by atoms with van der Waals surface area (Å²) in [7, 11) is 3.15. The fourth-order valence-electron chi connectivity index (χ4n) is 4.33. The van der Waals surface area contributed by atoms with E-state index in [1.807, 2.05) is 0 Å². The Labute approximate surface area is 210 Å². The van der Waals surface area contributed by atoms with Gasteiger partial charge in [0.1, 0.15) is 17.1 Å². The molecule has 1 spiro atoms. The number of halogens is 2. The van der Waals surface area contributed by atoms with E-state index in [0.717, 1.165) is 0 Å². The van der Waals surface area contributed by atoms with Gasteiger partial charge in [-0.15, -0.1) is 0 Å². The Hall–Kier alpha value is -1.91. The molecule has 1 aliphatic heterocycles. The van der Waals surface area contributed by atoms with E-state index in [1.54, 1.807) is 14.2 Å². The largest absolute Gasteiger partial charge is 1.00 e. The van der Waals surface area contributed by atoms with Crippen molar-refractivity contribution in [2.24, 2.45) is 0 Å². The third kappa shape index (κ3) is 3.97. The predicted octanol–water partition coefficient (Wildman–Crippen LogP) is -1.76. The zero-order valence-electron chi connectivity index (χ0n) is 17.9. The SMILES string of the molecule is CO[C@H]1C[C@@]2(CN(C)C(=O)c3c([O-])c(=O)c(C(=O)NCc4cccc(Cl)c4F)cn32)C1.[Na+]. The monoisotopic (exact) mass is 471 g/mol. The second kappa shape index (κ2) is 9.15. The number of nitrogens with zero attached hydrogens (tertiary/aromatic N) is 2. The second-order valence-electron chi connectivity index (χ2n) is 7.97. The van der Waals surface area contributed by atoms with Crippen LogP contribution in [0.25, 0.3) is 0 Å². The van der Waals surface area contributed by atoms with Crippen molar-refractivity contribution >= 4 is 23.4 Å². The molecular formula is C21H20ClFN3NaO5. The molecule has 11 heteroatoms. The summed E-state index contributed by atoms with van der Waals surface area (Å²) in [5, 5.41) is 15.1. The summed E-state index contributed by atoms with van der Waals surface area (Å²) < 4.78 is 20.9. The van der Waals surface area contributed by atoms with E-state index in [0.29, 0.717) is 19.4 Å². The maximum Gasteiger partial charge on any atom is 1.00 e. The molecule has 164 valence electrons. The van der Waals surface area contributed by atoms with Gasteiger partial charge in [0.2, 0.25) is 0 Å². The number of methoxy groups -OCH3 is 1. The van der Waals surface area contributed by atoms with Crippen LogP contribution in [0.2, 0.25) is 5.02 Å². The molecule has 0 atom stereocenters. The van der Waals surface area contributed by atoms with E-state index in [-0.39, 0.29) is 58.5 Å². The Morgan fingerprint density at radius 1 is 1.38 bits per heavy atom. The number of amides is 2. The van der Waals surface area contributed by atoms with Gasteiger partial charge in [-0.05, 0) is 24.7 Å². The van der Waals surface area contributed by atoms with E-state index in [1.165, 1.54) is 33.9 Å². The van der Waals surface area contributed by atoms with E-state index in [4.69, 9.17) is 16.3 Å². The predicted molar refractivity (Wildman–Crippen MR) is 108 cm³/mol. The fourth-order valence-corrected chi connectivity index (χ4v) is 4.53. The molecule has 1 aromatic carbocycles. The zero-order chi connectivity index (χ0) is 22.5. The molecule has 8 nitrogen and oxygen atoms in total. The Kier molecular flexibility index (Phi) is 7.07. The molecular weight excluding hydrogens is 452 g/mol. The smallest absolute Gasteiger partial charge is 0.868 e. The van der Waals surface area contributed by atoms with Crippen LogP contribution in [0.15, 0.2) is 29.2 Å². The number of carbonyl (C=O) groups excluding carboxylic acids is 2. The number of rotatable bonds is 4. The van der Waals surface area contributed by atoms with Crippen LogP contribution in [0.1, 0.15) is 39.3 Å². The van der Waals surface area contributed by atoms with Crippen LogP contribution in [0.5, 0.6) is 5.75 Å². The van der Waals surface area contributed by atoms with Gasteiger partial charge in [-0.3, -0.25) is 14.4 Å². The number of carbonyl (C=O) groups is 2. The quantitative estimate of drug-likeness (QED) is 0.532. The summed E-state index contributed by atoms with van der Waals surface area (Å²) >= 11 is 5.75. The van der Waals surface area contributed by atoms with Crippen LogP contribution < -0.4 is 45.4 Å². The van der Waals surface area contributed by atoms with Crippen molar-refractivity contribution < 1.29 is 53.4 Å². The molecule has 0 radical (unpaired) electrons. The summed E-state index contributed by atoms with van der Waals surface area (Å²) in [6, 6.07) is 4.36. The first-order valence-electron chi connectivity index (χ1n) is 9.65. The fraction of sp³-hybridized carbons (Fsp3) is 0.381. The minimum Gasteiger partial charge on any atom is -0.868 e. The van der Waals surface area contributed by atoms with Crippen molar-refractivity contribution in [1.29, 1.82) is 0 Å². The number of hydrogen-bond donors (Lipinski definition) is 1. The molecule has 2 heterocycles. The first-order chi connectivity index (χ1) is 14.7. The molecule has 4 rings (SSSR count). The van der Waals surface area contributed by atoms with Gasteiger partial charge in [-0.2, -0.15) is 0 Å². The van der Waals surface area contributed by atoms with Gasteiger partial charge >= 0.3 is 29.6 Å². The van der Waals surface area contributed by atoms with Gasteiger partial charge in [0.05, 0.1) is 16.7 Å². The van der Waals surface area contributed by atoms with E-state index in [2.05, 4.69) is 5.32 Å². The number of likely N-dealkylation sites (N-methyl/N-ethyl adjacent to an activating group) is 1. The van der Waals surface area contributed by atoms with E-state index in [9.17, 15) is 23.9 Å². The molecule has 2 aromatic rings. The molecule has 1 aromatic heterocycles. The number of aromatic nitrogens is 1.